The average Bonchev–Trinajstić information content (AvgIpc) is 3.28. The molecule has 4 aliphatic rings. The van der Waals surface area contributed by atoms with Crippen LogP contribution < -0.4 is 4.74 Å². The lowest BCUT2D eigenvalue weighted by molar-refractivity contribution is -0.0856. The third-order valence-electron chi connectivity index (χ3n) is 11.0. The SMILES string of the molecule is COc1ccc(C(=O)c2cc3ccc2[C@@H]2CC[C@@](O)(CN4CCc5ccccc5C4)[C@@]2(C)CCC=C(C)CC[C@H](O)C3)cc1. The lowest BCUT2D eigenvalue weighted by atomic mass is 9.64. The Morgan fingerprint density at radius 1 is 1.00 bits per heavy atom. The van der Waals surface area contributed by atoms with Gasteiger partial charge in [0, 0.05) is 36.2 Å². The molecule has 2 N–H and O–H groups in total. The molecule has 3 aliphatic carbocycles. The lowest BCUT2D eigenvalue weighted by Gasteiger charge is -2.47. The van der Waals surface area contributed by atoms with Crippen LogP contribution in [0.15, 0.2) is 78.4 Å². The van der Waals surface area contributed by atoms with Crippen LogP contribution >= 0.6 is 0 Å². The number of allylic oxidation sites excluding steroid dienone is 2. The van der Waals surface area contributed by atoms with E-state index in [2.05, 4.69) is 61.2 Å². The van der Waals surface area contributed by atoms with Crippen molar-refractivity contribution in [2.75, 3.05) is 20.2 Å². The van der Waals surface area contributed by atoms with Crippen molar-refractivity contribution in [2.24, 2.45) is 5.41 Å². The van der Waals surface area contributed by atoms with Crippen molar-refractivity contribution in [3.8, 4) is 5.75 Å². The summed E-state index contributed by atoms with van der Waals surface area (Å²) >= 11 is 0. The highest BCUT2D eigenvalue weighted by atomic mass is 16.5. The first-order valence-electron chi connectivity index (χ1n) is 16.4. The quantitative estimate of drug-likeness (QED) is 0.246. The normalized spacial score (nSPS) is 27.6. The Labute approximate surface area is 262 Å². The summed E-state index contributed by atoms with van der Waals surface area (Å²) < 4.78 is 5.34. The van der Waals surface area contributed by atoms with Gasteiger partial charge in [0.15, 0.2) is 5.78 Å². The van der Waals surface area contributed by atoms with Gasteiger partial charge in [-0.3, -0.25) is 9.69 Å². The number of rotatable bonds is 5. The van der Waals surface area contributed by atoms with Gasteiger partial charge in [0.25, 0.3) is 0 Å². The van der Waals surface area contributed by atoms with Gasteiger partial charge in [-0.05, 0) is 117 Å². The van der Waals surface area contributed by atoms with E-state index in [1.54, 1.807) is 7.11 Å². The molecule has 7 rings (SSSR count). The van der Waals surface area contributed by atoms with Crippen LogP contribution in [0.2, 0.25) is 0 Å². The first-order valence-corrected chi connectivity index (χ1v) is 16.4. The van der Waals surface area contributed by atoms with E-state index in [-0.39, 0.29) is 11.7 Å². The number of ketones is 1. The zero-order valence-electron chi connectivity index (χ0n) is 26.5. The third-order valence-corrected chi connectivity index (χ3v) is 11.0. The van der Waals surface area contributed by atoms with Crippen molar-refractivity contribution < 1.29 is 19.7 Å². The van der Waals surface area contributed by atoms with E-state index in [0.717, 1.165) is 56.3 Å². The van der Waals surface area contributed by atoms with Gasteiger partial charge in [-0.25, -0.2) is 0 Å². The van der Waals surface area contributed by atoms with E-state index in [4.69, 9.17) is 4.74 Å². The fraction of sp³-hybridized carbons (Fsp3) is 0.462. The van der Waals surface area contributed by atoms with Gasteiger partial charge < -0.3 is 14.9 Å². The minimum Gasteiger partial charge on any atom is -0.497 e. The number of benzene rings is 3. The fourth-order valence-electron chi connectivity index (χ4n) is 8.15. The minimum absolute atomic E-state index is 0.0211. The van der Waals surface area contributed by atoms with Crippen LogP contribution in [0.5, 0.6) is 5.75 Å². The number of methoxy groups -OCH3 is 1. The van der Waals surface area contributed by atoms with E-state index >= 15 is 0 Å². The van der Waals surface area contributed by atoms with Gasteiger partial charge in [0.1, 0.15) is 5.75 Å². The predicted octanol–water partition coefficient (Wildman–Crippen LogP) is 7.02. The van der Waals surface area contributed by atoms with Gasteiger partial charge >= 0.3 is 0 Å². The first kappa shape index (κ1) is 30.8. The molecule has 4 atom stereocenters. The Balaban J connectivity index is 1.40. The number of carbonyl (C=O) groups is 1. The molecule has 0 spiro atoms. The lowest BCUT2D eigenvalue weighted by Crippen LogP contribution is -2.53. The van der Waals surface area contributed by atoms with Crippen LogP contribution in [0.1, 0.15) is 96.5 Å². The zero-order chi connectivity index (χ0) is 30.9. The Bertz CT molecular complexity index is 1530. The molecule has 1 saturated carbocycles. The largest absolute Gasteiger partial charge is 0.497 e. The molecule has 44 heavy (non-hydrogen) atoms. The van der Waals surface area contributed by atoms with E-state index in [1.807, 2.05) is 30.3 Å². The van der Waals surface area contributed by atoms with Crippen molar-refractivity contribution in [1.29, 1.82) is 0 Å². The van der Waals surface area contributed by atoms with Crippen molar-refractivity contribution in [3.05, 3.63) is 112 Å². The van der Waals surface area contributed by atoms with E-state index in [0.29, 0.717) is 42.7 Å². The van der Waals surface area contributed by atoms with Gasteiger partial charge in [0.2, 0.25) is 0 Å². The van der Waals surface area contributed by atoms with Gasteiger partial charge in [0.05, 0.1) is 18.8 Å². The predicted molar refractivity (Wildman–Crippen MR) is 175 cm³/mol. The van der Waals surface area contributed by atoms with E-state index < -0.39 is 17.1 Å². The number of aliphatic hydroxyl groups is 2. The molecule has 1 heterocycles. The molecule has 5 nitrogen and oxygen atoms in total. The molecule has 5 heteroatoms. The van der Waals surface area contributed by atoms with Crippen LogP contribution in [-0.2, 0) is 19.4 Å². The maximum Gasteiger partial charge on any atom is 0.193 e. The number of hydrogen-bond acceptors (Lipinski definition) is 5. The number of fused-ring (bicyclic) bond motifs is 9. The van der Waals surface area contributed by atoms with E-state index in [1.165, 1.54) is 16.7 Å². The van der Waals surface area contributed by atoms with Crippen molar-refractivity contribution >= 4 is 5.78 Å². The van der Waals surface area contributed by atoms with E-state index in [9.17, 15) is 15.0 Å². The number of hydrogen-bond donors (Lipinski definition) is 2. The molecule has 1 aliphatic heterocycles. The molecule has 3 aromatic carbocycles. The molecular weight excluding hydrogens is 546 g/mol. The number of β-amino-alcohol motifs (C(OH)–C–C–N with tert-alkyl or cyclic N) is 1. The standard InChI is InChI=1S/C39H47NO4/c1-27-7-6-20-38(2)36(18-21-39(38,43)26-40-22-19-29-8-4-5-9-31(29)25-40)34-17-11-28(23-32(41)14-10-27)24-35(34)37(42)30-12-15-33(44-3)16-13-30/h4-5,7-9,11-13,15-17,24,32,36,41,43H,6,10,14,18-23,25-26H2,1-3H3/t32-,36-,38-,39+/m0/s1. The molecule has 0 saturated heterocycles. The molecule has 0 unspecified atom stereocenters. The van der Waals surface area contributed by atoms with Crippen molar-refractivity contribution in [1.82, 2.24) is 4.90 Å². The molecule has 3 aromatic rings. The van der Waals surface area contributed by atoms with Gasteiger partial charge in [-0.1, -0.05) is 55.0 Å². The second-order valence-corrected chi connectivity index (χ2v) is 13.7. The summed E-state index contributed by atoms with van der Waals surface area (Å²) in [4.78, 5) is 16.7. The monoisotopic (exact) mass is 593 g/mol. The van der Waals surface area contributed by atoms with Crippen molar-refractivity contribution in [3.63, 3.8) is 0 Å². The maximum absolute atomic E-state index is 14.2. The summed E-state index contributed by atoms with van der Waals surface area (Å²) in [6.45, 7) is 6.86. The number of carbonyl (C=O) groups excluding carboxylic acids is 1. The summed E-state index contributed by atoms with van der Waals surface area (Å²) in [7, 11) is 1.62. The number of aliphatic hydroxyl groups excluding tert-OH is 1. The molecule has 1 fully saturated rings. The van der Waals surface area contributed by atoms with Gasteiger partial charge in [-0.2, -0.15) is 0 Å². The van der Waals surface area contributed by atoms with Crippen molar-refractivity contribution in [2.45, 2.75) is 89.4 Å². The average molecular weight is 594 g/mol. The third kappa shape index (κ3) is 6.02. The summed E-state index contributed by atoms with van der Waals surface area (Å²) in [5.74, 6) is 0.717. The van der Waals surface area contributed by atoms with Crippen LogP contribution in [0.3, 0.4) is 0 Å². The first-order chi connectivity index (χ1) is 21.2. The Kier molecular flexibility index (Phi) is 8.83. The molecular formula is C39H47NO4. The topological polar surface area (TPSA) is 70.0 Å². The summed E-state index contributed by atoms with van der Waals surface area (Å²) in [5, 5.41) is 23.6. The van der Waals surface area contributed by atoms with Crippen LogP contribution in [0.4, 0.5) is 0 Å². The second kappa shape index (κ2) is 12.6. The number of ether oxygens (including phenoxy) is 1. The molecule has 232 valence electrons. The molecule has 0 radical (unpaired) electrons. The highest BCUT2D eigenvalue weighted by Crippen LogP contribution is 2.59. The Morgan fingerprint density at radius 3 is 2.55 bits per heavy atom. The Morgan fingerprint density at radius 2 is 1.77 bits per heavy atom. The molecule has 0 aromatic heterocycles. The fourth-order valence-corrected chi connectivity index (χ4v) is 8.15. The maximum atomic E-state index is 14.2. The van der Waals surface area contributed by atoms with Crippen LogP contribution in [0, 0.1) is 5.41 Å². The molecule has 0 amide bonds. The van der Waals surface area contributed by atoms with Crippen LogP contribution in [0.25, 0.3) is 0 Å². The highest BCUT2D eigenvalue weighted by Gasteiger charge is 2.57. The highest BCUT2D eigenvalue weighted by molar-refractivity contribution is 6.10. The zero-order valence-corrected chi connectivity index (χ0v) is 26.5. The Hall–Kier alpha value is -3.25. The summed E-state index contributed by atoms with van der Waals surface area (Å²) in [6, 6.07) is 22.2. The smallest absolute Gasteiger partial charge is 0.193 e. The summed E-state index contributed by atoms with van der Waals surface area (Å²) in [5.41, 5.74) is 6.04. The minimum atomic E-state index is -0.891. The second-order valence-electron chi connectivity index (χ2n) is 13.7. The summed E-state index contributed by atoms with van der Waals surface area (Å²) in [6.07, 6.45) is 8.10. The number of nitrogens with zero attached hydrogens (tertiary/aromatic N) is 1. The van der Waals surface area contributed by atoms with Crippen LogP contribution in [-0.4, -0.2) is 52.8 Å². The van der Waals surface area contributed by atoms with Gasteiger partial charge in [-0.15, -0.1) is 0 Å². The molecule has 2 bridgehead atoms.